The molecule has 1 unspecified atom stereocenters. The van der Waals surface area contributed by atoms with E-state index in [1.165, 1.54) is 12.1 Å². The van der Waals surface area contributed by atoms with E-state index in [2.05, 4.69) is 23.9 Å². The molecule has 0 fully saturated rings. The second-order valence-corrected chi connectivity index (χ2v) is 5.63. The van der Waals surface area contributed by atoms with Crippen LogP contribution in [0, 0.1) is 5.82 Å². The van der Waals surface area contributed by atoms with Gasteiger partial charge >= 0.3 is 0 Å². The first-order valence-corrected chi connectivity index (χ1v) is 7.15. The van der Waals surface area contributed by atoms with Gasteiger partial charge in [-0.2, -0.15) is 0 Å². The highest BCUT2D eigenvalue weighted by Gasteiger charge is 2.26. The van der Waals surface area contributed by atoms with Crippen LogP contribution >= 0.6 is 0 Å². The Morgan fingerprint density at radius 1 is 1.57 bits per heavy atom. The van der Waals surface area contributed by atoms with Crippen molar-refractivity contribution < 1.29 is 14.3 Å². The first kappa shape index (κ1) is 15.6. The molecule has 0 radical (unpaired) electrons. The summed E-state index contributed by atoms with van der Waals surface area (Å²) in [5, 5.41) is 11.6. The van der Waals surface area contributed by atoms with Crippen molar-refractivity contribution in [3.63, 3.8) is 0 Å². The van der Waals surface area contributed by atoms with Gasteiger partial charge in [0.2, 0.25) is 0 Å². The van der Waals surface area contributed by atoms with Crippen LogP contribution in [0.2, 0.25) is 0 Å². The zero-order valence-corrected chi connectivity index (χ0v) is 12.4. The number of halogens is 1. The van der Waals surface area contributed by atoms with Gasteiger partial charge in [0.05, 0.1) is 0 Å². The van der Waals surface area contributed by atoms with Crippen LogP contribution in [0.3, 0.4) is 0 Å². The lowest BCUT2D eigenvalue weighted by Gasteiger charge is -2.28. The van der Waals surface area contributed by atoms with Crippen molar-refractivity contribution in [3.8, 4) is 5.75 Å². The van der Waals surface area contributed by atoms with Crippen LogP contribution in [-0.2, 0) is 6.42 Å². The molecule has 0 amide bonds. The number of oxime groups is 1. The lowest BCUT2D eigenvalue weighted by molar-refractivity contribution is 0.130. The van der Waals surface area contributed by atoms with Crippen molar-refractivity contribution in [2.45, 2.75) is 38.8 Å². The number of hydrogen-bond donors (Lipinski definition) is 2. The van der Waals surface area contributed by atoms with E-state index in [1.54, 1.807) is 6.07 Å². The van der Waals surface area contributed by atoms with Gasteiger partial charge in [-0.3, -0.25) is 4.90 Å². The molecule has 3 N–H and O–H groups in total. The molecule has 1 heterocycles. The number of fused-ring (bicyclic) bond motifs is 1. The Balaban J connectivity index is 1.93. The zero-order chi connectivity index (χ0) is 15.4. The van der Waals surface area contributed by atoms with E-state index in [0.29, 0.717) is 25.4 Å². The molecule has 1 aliphatic rings. The lowest BCUT2D eigenvalue weighted by atomic mass is 10.1. The van der Waals surface area contributed by atoms with E-state index < -0.39 is 0 Å². The minimum absolute atomic E-state index is 0.0106. The topological polar surface area (TPSA) is 71.1 Å². The van der Waals surface area contributed by atoms with Gasteiger partial charge in [0.1, 0.15) is 23.5 Å². The molecule has 0 aromatic heterocycles. The Morgan fingerprint density at radius 3 is 3.00 bits per heavy atom. The predicted octanol–water partition coefficient (Wildman–Crippen LogP) is 1.98. The van der Waals surface area contributed by atoms with E-state index >= 15 is 0 Å². The summed E-state index contributed by atoms with van der Waals surface area (Å²) in [7, 11) is 0. The lowest BCUT2D eigenvalue weighted by Crippen LogP contribution is -2.41. The summed E-state index contributed by atoms with van der Waals surface area (Å²) < 4.78 is 19.1. The summed E-state index contributed by atoms with van der Waals surface area (Å²) in [6.07, 6.45) is 1.22. The molecule has 1 aromatic rings. The van der Waals surface area contributed by atoms with Gasteiger partial charge in [-0.05, 0) is 32.0 Å². The summed E-state index contributed by atoms with van der Waals surface area (Å²) in [6, 6.07) is 4.95. The molecular weight excluding hydrogens is 273 g/mol. The molecule has 1 aliphatic heterocycles. The standard InChI is InChI=1S/C15H22FN3O2/c1-10(2)19(6-5-15(17)18-20)9-13-8-11-7-12(16)3-4-14(11)21-13/h3-4,7,10,13,20H,5-6,8-9H2,1-2H3,(H2,17,18). The average Bonchev–Trinajstić information content (AvgIpc) is 2.84. The molecule has 1 aromatic carbocycles. The van der Waals surface area contributed by atoms with Crippen molar-refractivity contribution in [2.75, 3.05) is 13.1 Å². The Kier molecular flexibility index (Phi) is 5.01. The molecule has 1 atom stereocenters. The number of ether oxygens (including phenoxy) is 1. The number of nitrogens with two attached hydrogens (primary N) is 1. The maximum atomic E-state index is 13.2. The van der Waals surface area contributed by atoms with Crippen molar-refractivity contribution in [2.24, 2.45) is 10.9 Å². The van der Waals surface area contributed by atoms with Crippen LogP contribution in [0.15, 0.2) is 23.4 Å². The Bertz CT molecular complexity index is 520. The first-order valence-electron chi connectivity index (χ1n) is 7.15. The van der Waals surface area contributed by atoms with Gasteiger partial charge < -0.3 is 15.7 Å². The number of rotatable bonds is 6. The van der Waals surface area contributed by atoms with Crippen LogP contribution in [-0.4, -0.2) is 41.2 Å². The van der Waals surface area contributed by atoms with E-state index in [4.69, 9.17) is 15.7 Å². The number of hydrogen-bond acceptors (Lipinski definition) is 4. The van der Waals surface area contributed by atoms with Gasteiger partial charge in [-0.25, -0.2) is 4.39 Å². The Labute approximate surface area is 124 Å². The SMILES string of the molecule is CC(C)N(CCC(N)=NO)CC1Cc2cc(F)ccc2O1. The van der Waals surface area contributed by atoms with Gasteiger partial charge in [0.15, 0.2) is 0 Å². The van der Waals surface area contributed by atoms with Gasteiger partial charge in [0.25, 0.3) is 0 Å². The summed E-state index contributed by atoms with van der Waals surface area (Å²) in [5.74, 6) is 0.755. The fourth-order valence-electron chi connectivity index (χ4n) is 2.52. The molecule has 116 valence electrons. The highest BCUT2D eigenvalue weighted by atomic mass is 19.1. The summed E-state index contributed by atoms with van der Waals surface area (Å²) in [5.41, 5.74) is 6.43. The Morgan fingerprint density at radius 2 is 2.33 bits per heavy atom. The fraction of sp³-hybridized carbons (Fsp3) is 0.533. The quantitative estimate of drug-likeness (QED) is 0.364. The van der Waals surface area contributed by atoms with Gasteiger partial charge in [-0.15, -0.1) is 0 Å². The molecule has 6 heteroatoms. The normalized spacial score (nSPS) is 18.1. The third-order valence-electron chi connectivity index (χ3n) is 3.72. The molecule has 0 spiro atoms. The second-order valence-electron chi connectivity index (χ2n) is 5.63. The van der Waals surface area contributed by atoms with E-state index in [-0.39, 0.29) is 17.8 Å². The van der Waals surface area contributed by atoms with Crippen molar-refractivity contribution in [3.05, 3.63) is 29.6 Å². The van der Waals surface area contributed by atoms with Crippen molar-refractivity contribution >= 4 is 5.84 Å². The minimum Gasteiger partial charge on any atom is -0.488 e. The molecule has 5 nitrogen and oxygen atoms in total. The molecule has 0 saturated heterocycles. The van der Waals surface area contributed by atoms with Crippen LogP contribution < -0.4 is 10.5 Å². The third kappa shape index (κ3) is 4.07. The largest absolute Gasteiger partial charge is 0.488 e. The molecule has 21 heavy (non-hydrogen) atoms. The predicted molar refractivity (Wildman–Crippen MR) is 79.3 cm³/mol. The van der Waals surface area contributed by atoms with Crippen molar-refractivity contribution in [1.82, 2.24) is 4.90 Å². The highest BCUT2D eigenvalue weighted by Crippen LogP contribution is 2.29. The fourth-order valence-corrected chi connectivity index (χ4v) is 2.52. The summed E-state index contributed by atoms with van der Waals surface area (Å²) in [4.78, 5) is 2.21. The number of amidine groups is 1. The molecular formula is C15H22FN3O2. The summed E-state index contributed by atoms with van der Waals surface area (Å²) >= 11 is 0. The average molecular weight is 295 g/mol. The smallest absolute Gasteiger partial charge is 0.140 e. The molecule has 2 rings (SSSR count). The second kappa shape index (κ2) is 6.76. The molecule has 0 bridgehead atoms. The van der Waals surface area contributed by atoms with E-state index in [9.17, 15) is 4.39 Å². The third-order valence-corrected chi connectivity index (χ3v) is 3.72. The van der Waals surface area contributed by atoms with Gasteiger partial charge in [0, 0.05) is 37.5 Å². The van der Waals surface area contributed by atoms with Crippen LogP contribution in [0.25, 0.3) is 0 Å². The Hall–Kier alpha value is -1.82. The maximum absolute atomic E-state index is 13.2. The van der Waals surface area contributed by atoms with Crippen LogP contribution in [0.1, 0.15) is 25.8 Å². The van der Waals surface area contributed by atoms with E-state index in [0.717, 1.165) is 17.9 Å². The number of benzene rings is 1. The molecule has 0 saturated carbocycles. The van der Waals surface area contributed by atoms with Crippen molar-refractivity contribution in [1.29, 1.82) is 0 Å². The van der Waals surface area contributed by atoms with Gasteiger partial charge in [-0.1, -0.05) is 5.16 Å². The minimum atomic E-state index is -0.231. The van der Waals surface area contributed by atoms with E-state index in [1.807, 2.05) is 0 Å². The monoisotopic (exact) mass is 295 g/mol. The summed E-state index contributed by atoms with van der Waals surface area (Å²) in [6.45, 7) is 5.60. The first-order chi connectivity index (χ1) is 9.99. The maximum Gasteiger partial charge on any atom is 0.140 e. The molecule has 0 aliphatic carbocycles. The highest BCUT2D eigenvalue weighted by molar-refractivity contribution is 5.79. The zero-order valence-electron chi connectivity index (χ0n) is 12.4. The van der Waals surface area contributed by atoms with Crippen LogP contribution in [0.4, 0.5) is 4.39 Å². The van der Waals surface area contributed by atoms with Crippen LogP contribution in [0.5, 0.6) is 5.75 Å². The number of nitrogens with zero attached hydrogens (tertiary/aromatic N) is 2.